The number of benzene rings is 2. The predicted octanol–water partition coefficient (Wildman–Crippen LogP) is 3.49. The number of nitrogens with two attached hydrogens (primary N) is 1. The highest BCUT2D eigenvalue weighted by molar-refractivity contribution is 7.99. The van der Waals surface area contributed by atoms with Crippen molar-refractivity contribution in [1.82, 2.24) is 0 Å². The maximum Gasteiger partial charge on any atom is 0.306 e. The molecular weight excluding hydrogens is 388 g/mol. The van der Waals surface area contributed by atoms with Crippen LogP contribution < -0.4 is 11.1 Å². The average molecular weight is 407 g/mol. The van der Waals surface area contributed by atoms with Crippen LogP contribution in [-0.2, 0) is 14.3 Å². The van der Waals surface area contributed by atoms with Crippen LogP contribution in [0.1, 0.15) is 23.2 Å². The summed E-state index contributed by atoms with van der Waals surface area (Å²) < 4.78 is 4.95. The fraction of sp³-hybridized carbons (Fsp3) is 0.211. The molecule has 0 bridgehead atoms. The molecule has 0 radical (unpaired) electrons. The molecule has 0 aliphatic rings. The van der Waals surface area contributed by atoms with Crippen LogP contribution in [0.5, 0.6) is 0 Å². The molecule has 2 aromatic rings. The molecule has 0 aliphatic carbocycles. The van der Waals surface area contributed by atoms with Crippen LogP contribution in [-0.4, -0.2) is 30.1 Å². The third kappa shape index (κ3) is 7.72. The minimum atomic E-state index is -0.545. The summed E-state index contributed by atoms with van der Waals surface area (Å²) in [4.78, 5) is 35.5. The van der Waals surface area contributed by atoms with E-state index in [0.717, 1.165) is 10.6 Å². The van der Waals surface area contributed by atoms with E-state index in [2.05, 4.69) is 5.32 Å². The van der Waals surface area contributed by atoms with E-state index >= 15 is 0 Å². The SMILES string of the molecule is NC(=O)c1ccc(NC(=O)COC(=O)CCCSc2ccc(Cl)cc2)cc1. The molecule has 142 valence electrons. The molecule has 0 fully saturated rings. The van der Waals surface area contributed by atoms with Crippen molar-refractivity contribution < 1.29 is 19.1 Å². The predicted molar refractivity (Wildman–Crippen MR) is 106 cm³/mol. The van der Waals surface area contributed by atoms with Gasteiger partial charge in [-0.05, 0) is 60.7 Å². The Bertz CT molecular complexity index is 794. The Hall–Kier alpha value is -2.51. The number of halogens is 1. The number of nitrogens with one attached hydrogen (secondary N) is 1. The smallest absolute Gasteiger partial charge is 0.306 e. The van der Waals surface area contributed by atoms with Gasteiger partial charge in [0.05, 0.1) is 0 Å². The Morgan fingerprint density at radius 1 is 1.04 bits per heavy atom. The summed E-state index contributed by atoms with van der Waals surface area (Å²) in [5.74, 6) is -0.664. The van der Waals surface area contributed by atoms with Crippen LogP contribution in [0, 0.1) is 0 Å². The van der Waals surface area contributed by atoms with Crippen molar-refractivity contribution in [2.45, 2.75) is 17.7 Å². The molecule has 6 nitrogen and oxygen atoms in total. The maximum absolute atomic E-state index is 11.8. The van der Waals surface area contributed by atoms with E-state index in [9.17, 15) is 14.4 Å². The van der Waals surface area contributed by atoms with Gasteiger partial charge in [0.25, 0.3) is 5.91 Å². The van der Waals surface area contributed by atoms with Gasteiger partial charge < -0.3 is 15.8 Å². The van der Waals surface area contributed by atoms with Crippen LogP contribution in [0.15, 0.2) is 53.4 Å². The number of esters is 1. The Balaban J connectivity index is 1.62. The zero-order chi connectivity index (χ0) is 19.6. The van der Waals surface area contributed by atoms with Crippen molar-refractivity contribution in [2.24, 2.45) is 5.73 Å². The Labute approximate surface area is 166 Å². The maximum atomic E-state index is 11.8. The van der Waals surface area contributed by atoms with E-state index in [1.54, 1.807) is 23.9 Å². The van der Waals surface area contributed by atoms with Crippen LogP contribution in [0.4, 0.5) is 5.69 Å². The molecule has 8 heteroatoms. The molecule has 2 aromatic carbocycles. The normalized spacial score (nSPS) is 10.3. The molecule has 0 saturated carbocycles. The van der Waals surface area contributed by atoms with Gasteiger partial charge in [0.15, 0.2) is 6.61 Å². The first kappa shape index (κ1) is 20.8. The molecule has 0 aromatic heterocycles. The lowest BCUT2D eigenvalue weighted by atomic mass is 10.2. The molecule has 0 atom stereocenters. The Morgan fingerprint density at radius 3 is 2.33 bits per heavy atom. The van der Waals surface area contributed by atoms with E-state index < -0.39 is 17.8 Å². The van der Waals surface area contributed by atoms with Crippen LogP contribution in [0.2, 0.25) is 5.02 Å². The lowest BCUT2D eigenvalue weighted by molar-refractivity contribution is -0.147. The molecule has 0 unspecified atom stereocenters. The standard InChI is InChI=1S/C19H19ClN2O4S/c20-14-5-9-16(10-6-14)27-11-1-2-18(24)26-12-17(23)22-15-7-3-13(4-8-15)19(21)25/h3-10H,1-2,11-12H2,(H2,21,25)(H,22,23). The fourth-order valence-electron chi connectivity index (χ4n) is 2.07. The van der Waals surface area contributed by atoms with Crippen LogP contribution in [0.3, 0.4) is 0 Å². The van der Waals surface area contributed by atoms with Gasteiger partial charge in [-0.2, -0.15) is 0 Å². The van der Waals surface area contributed by atoms with Gasteiger partial charge in [-0.25, -0.2) is 0 Å². The number of hydrogen-bond donors (Lipinski definition) is 2. The minimum absolute atomic E-state index is 0.237. The molecule has 0 spiro atoms. The van der Waals surface area contributed by atoms with Gasteiger partial charge in [0, 0.05) is 27.6 Å². The van der Waals surface area contributed by atoms with E-state index in [4.69, 9.17) is 22.1 Å². The lowest BCUT2D eigenvalue weighted by Crippen LogP contribution is -2.21. The highest BCUT2D eigenvalue weighted by atomic mass is 35.5. The third-order valence-corrected chi connectivity index (χ3v) is 4.78. The zero-order valence-electron chi connectivity index (χ0n) is 14.4. The quantitative estimate of drug-likeness (QED) is 0.377. The van der Waals surface area contributed by atoms with Crippen LogP contribution in [0.25, 0.3) is 0 Å². The topological polar surface area (TPSA) is 98.5 Å². The number of ether oxygens (including phenoxy) is 1. The molecule has 3 N–H and O–H groups in total. The summed E-state index contributed by atoms with van der Waals surface area (Å²) in [5, 5.41) is 3.26. The number of carbonyl (C=O) groups excluding carboxylic acids is 3. The van der Waals surface area contributed by atoms with Gasteiger partial charge >= 0.3 is 5.97 Å². The van der Waals surface area contributed by atoms with Gasteiger partial charge in [-0.1, -0.05) is 11.6 Å². The number of primary amides is 1. The van der Waals surface area contributed by atoms with E-state index in [-0.39, 0.29) is 13.0 Å². The number of amides is 2. The van der Waals surface area contributed by atoms with Gasteiger partial charge in [0.2, 0.25) is 5.91 Å². The largest absolute Gasteiger partial charge is 0.456 e. The average Bonchev–Trinajstić information content (AvgIpc) is 2.65. The first-order valence-corrected chi connectivity index (χ1v) is 9.54. The zero-order valence-corrected chi connectivity index (χ0v) is 16.0. The molecule has 2 amide bonds. The number of anilines is 1. The second kappa shape index (κ2) is 10.6. The van der Waals surface area contributed by atoms with Gasteiger partial charge in [0.1, 0.15) is 0 Å². The molecule has 2 rings (SSSR count). The molecule has 27 heavy (non-hydrogen) atoms. The second-order valence-corrected chi connectivity index (χ2v) is 7.16. The summed E-state index contributed by atoms with van der Waals surface area (Å²) in [6, 6.07) is 13.6. The summed E-state index contributed by atoms with van der Waals surface area (Å²) in [6.45, 7) is -0.360. The molecule has 0 aliphatic heterocycles. The van der Waals surface area contributed by atoms with E-state index in [1.165, 1.54) is 12.1 Å². The minimum Gasteiger partial charge on any atom is -0.456 e. The van der Waals surface area contributed by atoms with Crippen molar-refractivity contribution in [3.63, 3.8) is 0 Å². The number of carbonyl (C=O) groups is 3. The van der Waals surface area contributed by atoms with E-state index in [1.807, 2.05) is 24.3 Å². The summed E-state index contributed by atoms with van der Waals surface area (Å²) in [5.41, 5.74) is 5.97. The second-order valence-electron chi connectivity index (χ2n) is 5.56. The molecule has 0 heterocycles. The Kier molecular flexibility index (Phi) is 8.16. The molecular formula is C19H19ClN2O4S. The van der Waals surface area contributed by atoms with Crippen molar-refractivity contribution in [1.29, 1.82) is 0 Å². The summed E-state index contributed by atoms with van der Waals surface area (Å²) in [6.07, 6.45) is 0.878. The number of rotatable bonds is 9. The fourth-order valence-corrected chi connectivity index (χ4v) is 3.05. The molecule has 0 saturated heterocycles. The highest BCUT2D eigenvalue weighted by Crippen LogP contribution is 2.21. The van der Waals surface area contributed by atoms with Crippen molar-refractivity contribution >= 4 is 46.8 Å². The van der Waals surface area contributed by atoms with Crippen molar-refractivity contribution in [2.75, 3.05) is 17.7 Å². The van der Waals surface area contributed by atoms with E-state index in [0.29, 0.717) is 22.7 Å². The van der Waals surface area contributed by atoms with Crippen molar-refractivity contribution in [3.05, 3.63) is 59.1 Å². The third-order valence-electron chi connectivity index (χ3n) is 3.43. The Morgan fingerprint density at radius 2 is 1.70 bits per heavy atom. The first-order valence-electron chi connectivity index (χ1n) is 8.18. The van der Waals surface area contributed by atoms with Gasteiger partial charge in [-0.15, -0.1) is 11.8 Å². The monoisotopic (exact) mass is 406 g/mol. The number of thioether (sulfide) groups is 1. The van der Waals surface area contributed by atoms with Crippen LogP contribution >= 0.6 is 23.4 Å². The number of hydrogen-bond acceptors (Lipinski definition) is 5. The highest BCUT2D eigenvalue weighted by Gasteiger charge is 2.08. The first-order chi connectivity index (χ1) is 12.9. The lowest BCUT2D eigenvalue weighted by Gasteiger charge is -2.07. The summed E-state index contributed by atoms with van der Waals surface area (Å²) >= 11 is 7.45. The van der Waals surface area contributed by atoms with Crippen molar-refractivity contribution in [3.8, 4) is 0 Å². The van der Waals surface area contributed by atoms with Gasteiger partial charge in [-0.3, -0.25) is 14.4 Å². The summed E-state index contributed by atoms with van der Waals surface area (Å²) in [7, 11) is 0.